The summed E-state index contributed by atoms with van der Waals surface area (Å²) in [6.07, 6.45) is 1.70. The number of nitrogens with zero attached hydrogens (tertiary/aromatic N) is 1. The monoisotopic (exact) mass is 227 g/mol. The third-order valence-corrected chi connectivity index (χ3v) is 2.61. The number of aryl methyl sites for hydroxylation is 1. The van der Waals surface area contributed by atoms with Crippen molar-refractivity contribution in [3.63, 3.8) is 0 Å². The van der Waals surface area contributed by atoms with Gasteiger partial charge in [0.15, 0.2) is 0 Å². The van der Waals surface area contributed by atoms with Gasteiger partial charge in [0, 0.05) is 6.20 Å². The van der Waals surface area contributed by atoms with E-state index in [-0.39, 0.29) is 5.97 Å². The van der Waals surface area contributed by atoms with Crippen molar-refractivity contribution in [3.05, 3.63) is 53.9 Å². The molecule has 1 aromatic carbocycles. The Morgan fingerprint density at radius 1 is 1.18 bits per heavy atom. The van der Waals surface area contributed by atoms with Crippen molar-refractivity contribution in [2.45, 2.75) is 6.92 Å². The molecule has 2 rings (SSSR count). The van der Waals surface area contributed by atoms with E-state index < -0.39 is 0 Å². The van der Waals surface area contributed by atoms with Crippen LogP contribution in [0.15, 0.2) is 42.6 Å². The Labute approximate surface area is 100 Å². The fourth-order valence-electron chi connectivity index (χ4n) is 1.78. The number of aromatic nitrogens is 1. The van der Waals surface area contributed by atoms with Crippen molar-refractivity contribution in [3.8, 4) is 11.1 Å². The first-order chi connectivity index (χ1) is 8.24. The molecule has 0 spiro atoms. The fourth-order valence-corrected chi connectivity index (χ4v) is 1.78. The van der Waals surface area contributed by atoms with E-state index in [1.165, 1.54) is 7.11 Å². The van der Waals surface area contributed by atoms with E-state index in [0.717, 1.165) is 11.1 Å². The quantitative estimate of drug-likeness (QED) is 0.740. The molecule has 3 nitrogen and oxygen atoms in total. The molecule has 0 saturated carbocycles. The normalized spacial score (nSPS) is 10.0. The molecule has 0 aliphatic carbocycles. The van der Waals surface area contributed by atoms with Crippen LogP contribution in [0.5, 0.6) is 0 Å². The number of carbonyl (C=O) groups is 1. The van der Waals surface area contributed by atoms with Crippen molar-refractivity contribution in [1.29, 1.82) is 0 Å². The maximum Gasteiger partial charge on any atom is 0.340 e. The van der Waals surface area contributed by atoms with E-state index in [4.69, 9.17) is 4.74 Å². The van der Waals surface area contributed by atoms with Gasteiger partial charge < -0.3 is 4.74 Å². The van der Waals surface area contributed by atoms with Gasteiger partial charge in [-0.1, -0.05) is 30.3 Å². The number of hydrogen-bond donors (Lipinski definition) is 0. The molecule has 0 unspecified atom stereocenters. The molecule has 17 heavy (non-hydrogen) atoms. The number of hydrogen-bond acceptors (Lipinski definition) is 3. The molecular formula is C14H13NO2. The van der Waals surface area contributed by atoms with E-state index in [2.05, 4.69) is 4.98 Å². The molecule has 1 heterocycles. The van der Waals surface area contributed by atoms with Crippen molar-refractivity contribution in [1.82, 2.24) is 4.98 Å². The third-order valence-electron chi connectivity index (χ3n) is 2.61. The summed E-state index contributed by atoms with van der Waals surface area (Å²) in [7, 11) is 1.38. The molecular weight excluding hydrogens is 214 g/mol. The predicted molar refractivity (Wildman–Crippen MR) is 65.7 cm³/mol. The van der Waals surface area contributed by atoms with E-state index >= 15 is 0 Å². The van der Waals surface area contributed by atoms with Crippen LogP contribution in [-0.2, 0) is 4.74 Å². The van der Waals surface area contributed by atoms with Crippen LogP contribution < -0.4 is 0 Å². The lowest BCUT2D eigenvalue weighted by Crippen LogP contribution is -2.07. The number of ether oxygens (including phenoxy) is 1. The van der Waals surface area contributed by atoms with Crippen LogP contribution in [0.1, 0.15) is 16.1 Å². The summed E-state index contributed by atoms with van der Waals surface area (Å²) in [5.41, 5.74) is 3.04. The minimum atomic E-state index is -0.352. The Morgan fingerprint density at radius 3 is 2.53 bits per heavy atom. The molecule has 0 saturated heterocycles. The Hall–Kier alpha value is -2.16. The zero-order valence-electron chi connectivity index (χ0n) is 9.81. The predicted octanol–water partition coefficient (Wildman–Crippen LogP) is 2.84. The molecule has 0 radical (unpaired) electrons. The summed E-state index contributed by atoms with van der Waals surface area (Å²) < 4.78 is 4.80. The first-order valence-electron chi connectivity index (χ1n) is 5.33. The highest BCUT2D eigenvalue weighted by Gasteiger charge is 2.16. The lowest BCUT2D eigenvalue weighted by atomic mass is 9.99. The summed E-state index contributed by atoms with van der Waals surface area (Å²) >= 11 is 0. The van der Waals surface area contributed by atoms with E-state index in [0.29, 0.717) is 11.3 Å². The van der Waals surface area contributed by atoms with Gasteiger partial charge >= 0.3 is 5.97 Å². The SMILES string of the molecule is COC(=O)c1c(-c2ccccc2)ccnc1C. The van der Waals surface area contributed by atoms with Crippen molar-refractivity contribution in [2.75, 3.05) is 7.11 Å². The number of esters is 1. The standard InChI is InChI=1S/C14H13NO2/c1-10-13(14(16)17-2)12(8-9-15-10)11-6-4-3-5-7-11/h3-9H,1-2H3. The first-order valence-corrected chi connectivity index (χ1v) is 5.33. The van der Waals surface area contributed by atoms with Gasteiger partial charge in [-0.05, 0) is 24.1 Å². The van der Waals surface area contributed by atoms with Gasteiger partial charge in [0.25, 0.3) is 0 Å². The van der Waals surface area contributed by atoms with Crippen molar-refractivity contribution in [2.24, 2.45) is 0 Å². The molecule has 86 valence electrons. The number of rotatable bonds is 2. The van der Waals surface area contributed by atoms with Gasteiger partial charge in [-0.15, -0.1) is 0 Å². The van der Waals surface area contributed by atoms with Gasteiger partial charge in [0.1, 0.15) is 0 Å². The van der Waals surface area contributed by atoms with Gasteiger partial charge in [0.2, 0.25) is 0 Å². The van der Waals surface area contributed by atoms with Crippen molar-refractivity contribution >= 4 is 5.97 Å². The van der Waals surface area contributed by atoms with Gasteiger partial charge in [-0.25, -0.2) is 4.79 Å². The zero-order valence-corrected chi connectivity index (χ0v) is 9.81. The maximum atomic E-state index is 11.8. The van der Waals surface area contributed by atoms with E-state index in [9.17, 15) is 4.79 Å². The van der Waals surface area contributed by atoms with Crippen LogP contribution in [0.2, 0.25) is 0 Å². The van der Waals surface area contributed by atoms with Crippen molar-refractivity contribution < 1.29 is 9.53 Å². The van der Waals surface area contributed by atoms with Gasteiger partial charge in [-0.2, -0.15) is 0 Å². The fraction of sp³-hybridized carbons (Fsp3) is 0.143. The Kier molecular flexibility index (Phi) is 3.19. The van der Waals surface area contributed by atoms with Gasteiger partial charge in [0.05, 0.1) is 18.4 Å². The minimum absolute atomic E-state index is 0.352. The molecule has 3 heteroatoms. The Balaban J connectivity index is 2.62. The van der Waals surface area contributed by atoms with Crippen LogP contribution in [-0.4, -0.2) is 18.1 Å². The molecule has 0 fully saturated rings. The Morgan fingerprint density at radius 2 is 1.88 bits per heavy atom. The molecule has 0 atom stereocenters. The lowest BCUT2D eigenvalue weighted by molar-refractivity contribution is 0.0600. The molecule has 0 N–H and O–H groups in total. The second kappa shape index (κ2) is 4.78. The minimum Gasteiger partial charge on any atom is -0.465 e. The summed E-state index contributed by atoms with van der Waals surface area (Å²) in [6, 6.07) is 11.6. The number of carbonyl (C=O) groups excluding carboxylic acids is 1. The lowest BCUT2D eigenvalue weighted by Gasteiger charge is -2.09. The largest absolute Gasteiger partial charge is 0.465 e. The van der Waals surface area contributed by atoms with Crippen LogP contribution in [0, 0.1) is 6.92 Å². The highest BCUT2D eigenvalue weighted by atomic mass is 16.5. The molecule has 0 aliphatic rings. The van der Waals surface area contributed by atoms with Crippen LogP contribution >= 0.6 is 0 Å². The number of methoxy groups -OCH3 is 1. The van der Waals surface area contributed by atoms with Crippen LogP contribution in [0.3, 0.4) is 0 Å². The molecule has 0 aliphatic heterocycles. The summed E-state index contributed by atoms with van der Waals surface area (Å²) in [6.45, 7) is 1.80. The molecule has 1 aromatic heterocycles. The average Bonchev–Trinajstić information content (AvgIpc) is 2.38. The smallest absolute Gasteiger partial charge is 0.340 e. The highest BCUT2D eigenvalue weighted by Crippen LogP contribution is 2.25. The second-order valence-corrected chi connectivity index (χ2v) is 3.68. The number of pyridine rings is 1. The summed E-state index contributed by atoms with van der Waals surface area (Å²) in [5, 5.41) is 0. The molecule has 0 bridgehead atoms. The van der Waals surface area contributed by atoms with Gasteiger partial charge in [-0.3, -0.25) is 4.98 Å². The van der Waals surface area contributed by atoms with Crippen LogP contribution in [0.4, 0.5) is 0 Å². The molecule has 0 amide bonds. The topological polar surface area (TPSA) is 39.2 Å². The Bertz CT molecular complexity index is 535. The maximum absolute atomic E-state index is 11.8. The van der Waals surface area contributed by atoms with Crippen LogP contribution in [0.25, 0.3) is 11.1 Å². The third kappa shape index (κ3) is 2.18. The van der Waals surface area contributed by atoms with E-state index in [1.807, 2.05) is 36.4 Å². The average molecular weight is 227 g/mol. The summed E-state index contributed by atoms with van der Waals surface area (Å²) in [4.78, 5) is 15.9. The first kappa shape index (κ1) is 11.3. The highest BCUT2D eigenvalue weighted by molar-refractivity contribution is 5.98. The summed E-state index contributed by atoms with van der Waals surface area (Å²) in [5.74, 6) is -0.352. The molecule has 2 aromatic rings. The zero-order chi connectivity index (χ0) is 12.3. The van der Waals surface area contributed by atoms with E-state index in [1.54, 1.807) is 13.1 Å². The second-order valence-electron chi connectivity index (χ2n) is 3.68. The number of benzene rings is 1.